The topological polar surface area (TPSA) is 37.3 Å². The average molecular weight is 226 g/mol. The van der Waals surface area contributed by atoms with Crippen LogP contribution in [0.15, 0.2) is 11.4 Å². The quantitative estimate of drug-likeness (QED) is 0.795. The van der Waals surface area contributed by atoms with E-state index >= 15 is 0 Å². The minimum atomic E-state index is -4.58. The van der Waals surface area contributed by atoms with Gasteiger partial charge in [-0.3, -0.25) is 0 Å². The number of thiophene rings is 1. The highest BCUT2D eigenvalue weighted by atomic mass is 32.1. The molecule has 0 saturated heterocycles. The molecule has 0 bridgehead atoms. The highest BCUT2D eigenvalue weighted by Gasteiger charge is 2.36. The van der Waals surface area contributed by atoms with Crippen molar-refractivity contribution in [1.82, 2.24) is 0 Å². The molecule has 6 heteroatoms. The molecule has 0 spiro atoms. The third-order valence-electron chi connectivity index (χ3n) is 1.16. The minimum absolute atomic E-state index is 0.565. The second-order valence-electron chi connectivity index (χ2n) is 1.97. The standard InChI is InChI=1S/C6H3F3O2S.C2H6/c7-6(8,9)3-1-2-12-4(3)5(10)11;1-2/h1-2H,(H,10,11);1-2H3. The van der Waals surface area contributed by atoms with Gasteiger partial charge in [-0.25, -0.2) is 4.79 Å². The summed E-state index contributed by atoms with van der Waals surface area (Å²) in [6.07, 6.45) is -4.58. The number of carboxylic acids is 1. The van der Waals surface area contributed by atoms with Crippen LogP contribution in [0.3, 0.4) is 0 Å². The summed E-state index contributed by atoms with van der Waals surface area (Å²) < 4.78 is 36.0. The second-order valence-corrected chi connectivity index (χ2v) is 2.88. The van der Waals surface area contributed by atoms with Gasteiger partial charge in [0, 0.05) is 0 Å². The molecule has 0 aliphatic rings. The third-order valence-corrected chi connectivity index (χ3v) is 2.07. The van der Waals surface area contributed by atoms with E-state index in [-0.39, 0.29) is 0 Å². The smallest absolute Gasteiger partial charge is 0.418 e. The van der Waals surface area contributed by atoms with E-state index in [0.717, 1.165) is 11.4 Å². The predicted octanol–water partition coefficient (Wildman–Crippen LogP) is 3.49. The Morgan fingerprint density at radius 3 is 2.21 bits per heavy atom. The first kappa shape index (κ1) is 13.0. The summed E-state index contributed by atoms with van der Waals surface area (Å²) in [6, 6.07) is 0.758. The van der Waals surface area contributed by atoms with Crippen molar-refractivity contribution >= 4 is 17.3 Å². The second kappa shape index (κ2) is 4.99. The van der Waals surface area contributed by atoms with E-state index in [4.69, 9.17) is 5.11 Å². The van der Waals surface area contributed by atoms with E-state index < -0.39 is 22.6 Å². The fraction of sp³-hybridized carbons (Fsp3) is 0.375. The van der Waals surface area contributed by atoms with Crippen molar-refractivity contribution in [2.75, 3.05) is 0 Å². The van der Waals surface area contributed by atoms with Crippen LogP contribution in [0.5, 0.6) is 0 Å². The van der Waals surface area contributed by atoms with Crippen molar-refractivity contribution < 1.29 is 23.1 Å². The molecule has 0 aliphatic carbocycles. The normalized spacial score (nSPS) is 10.4. The Balaban J connectivity index is 0.000000791. The molecular formula is C8H9F3O2S. The third kappa shape index (κ3) is 3.02. The van der Waals surface area contributed by atoms with E-state index in [1.807, 2.05) is 13.8 Å². The molecule has 0 radical (unpaired) electrons. The van der Waals surface area contributed by atoms with Crippen LogP contribution >= 0.6 is 11.3 Å². The zero-order chi connectivity index (χ0) is 11.4. The van der Waals surface area contributed by atoms with Gasteiger partial charge in [0.25, 0.3) is 0 Å². The van der Waals surface area contributed by atoms with Gasteiger partial charge in [0.2, 0.25) is 0 Å². The lowest BCUT2D eigenvalue weighted by atomic mass is 10.2. The first-order valence-corrected chi connectivity index (χ1v) is 4.69. The van der Waals surface area contributed by atoms with Crippen LogP contribution in [-0.2, 0) is 6.18 Å². The van der Waals surface area contributed by atoms with E-state index in [9.17, 15) is 18.0 Å². The summed E-state index contributed by atoms with van der Waals surface area (Å²) in [5.41, 5.74) is -1.08. The van der Waals surface area contributed by atoms with E-state index in [1.54, 1.807) is 0 Å². The number of aromatic carboxylic acids is 1. The monoisotopic (exact) mass is 226 g/mol. The predicted molar refractivity (Wildman–Crippen MR) is 47.6 cm³/mol. The Bertz CT molecular complexity index is 304. The Morgan fingerprint density at radius 1 is 1.43 bits per heavy atom. The lowest BCUT2D eigenvalue weighted by Gasteiger charge is -2.03. The SMILES string of the molecule is CC.O=C(O)c1sccc1C(F)(F)F. The first-order chi connectivity index (χ1) is 6.43. The maximum atomic E-state index is 12.0. The van der Waals surface area contributed by atoms with Crippen molar-refractivity contribution in [3.63, 3.8) is 0 Å². The molecule has 14 heavy (non-hydrogen) atoms. The molecule has 1 aromatic heterocycles. The summed E-state index contributed by atoms with van der Waals surface area (Å²) in [5, 5.41) is 9.43. The van der Waals surface area contributed by atoms with Gasteiger partial charge in [-0.15, -0.1) is 11.3 Å². The molecular weight excluding hydrogens is 217 g/mol. The van der Waals surface area contributed by atoms with E-state index in [1.165, 1.54) is 0 Å². The molecule has 1 rings (SSSR count). The lowest BCUT2D eigenvalue weighted by molar-refractivity contribution is -0.137. The maximum Gasteiger partial charge on any atom is 0.418 e. The zero-order valence-electron chi connectivity index (χ0n) is 7.55. The first-order valence-electron chi connectivity index (χ1n) is 3.81. The van der Waals surface area contributed by atoms with Crippen LogP contribution in [0.4, 0.5) is 13.2 Å². The molecule has 1 aromatic rings. The molecule has 0 fully saturated rings. The molecule has 1 heterocycles. The molecule has 0 atom stereocenters. The van der Waals surface area contributed by atoms with Crippen molar-refractivity contribution in [1.29, 1.82) is 0 Å². The Labute approximate surface area is 83.0 Å². The average Bonchev–Trinajstić information content (AvgIpc) is 2.54. The fourth-order valence-electron chi connectivity index (χ4n) is 0.698. The largest absolute Gasteiger partial charge is 0.477 e. The molecule has 0 unspecified atom stereocenters. The number of hydrogen-bond donors (Lipinski definition) is 1. The summed E-state index contributed by atoms with van der Waals surface area (Å²) in [6.45, 7) is 4.00. The number of hydrogen-bond acceptors (Lipinski definition) is 2. The summed E-state index contributed by atoms with van der Waals surface area (Å²) in [4.78, 5) is 9.58. The van der Waals surface area contributed by atoms with Crippen molar-refractivity contribution in [2.45, 2.75) is 20.0 Å². The van der Waals surface area contributed by atoms with Gasteiger partial charge >= 0.3 is 12.1 Å². The number of carbonyl (C=O) groups is 1. The highest BCUT2D eigenvalue weighted by molar-refractivity contribution is 7.12. The minimum Gasteiger partial charge on any atom is -0.477 e. The van der Waals surface area contributed by atoms with Crippen LogP contribution in [0.25, 0.3) is 0 Å². The lowest BCUT2D eigenvalue weighted by Crippen LogP contribution is -2.09. The van der Waals surface area contributed by atoms with Gasteiger partial charge < -0.3 is 5.11 Å². The highest BCUT2D eigenvalue weighted by Crippen LogP contribution is 2.34. The number of rotatable bonds is 1. The van der Waals surface area contributed by atoms with Crippen LogP contribution in [0.2, 0.25) is 0 Å². The van der Waals surface area contributed by atoms with E-state index in [2.05, 4.69) is 0 Å². The van der Waals surface area contributed by atoms with Crippen molar-refractivity contribution in [3.05, 3.63) is 21.9 Å². The van der Waals surface area contributed by atoms with Crippen LogP contribution in [0, 0.1) is 0 Å². The molecule has 1 N–H and O–H groups in total. The van der Waals surface area contributed by atoms with Gasteiger partial charge in [-0.1, -0.05) is 13.8 Å². The van der Waals surface area contributed by atoms with Gasteiger partial charge in [-0.2, -0.15) is 13.2 Å². The zero-order valence-corrected chi connectivity index (χ0v) is 8.37. The number of halogens is 3. The van der Waals surface area contributed by atoms with Crippen LogP contribution in [0.1, 0.15) is 29.1 Å². The maximum absolute atomic E-state index is 12.0. The molecule has 80 valence electrons. The van der Waals surface area contributed by atoms with Crippen molar-refractivity contribution in [2.24, 2.45) is 0 Å². The summed E-state index contributed by atoms with van der Waals surface area (Å²) in [7, 11) is 0. The summed E-state index contributed by atoms with van der Waals surface area (Å²) in [5.74, 6) is -1.54. The molecule has 0 saturated carbocycles. The molecule has 0 aromatic carbocycles. The van der Waals surface area contributed by atoms with Gasteiger partial charge in [0.15, 0.2) is 0 Å². The van der Waals surface area contributed by atoms with Crippen LogP contribution in [-0.4, -0.2) is 11.1 Å². The van der Waals surface area contributed by atoms with Gasteiger partial charge in [0.05, 0.1) is 5.56 Å². The molecule has 0 amide bonds. The molecule has 0 aliphatic heterocycles. The van der Waals surface area contributed by atoms with Crippen LogP contribution < -0.4 is 0 Å². The van der Waals surface area contributed by atoms with E-state index in [0.29, 0.717) is 11.3 Å². The Kier molecular flexibility index (Phi) is 4.62. The number of carboxylic acid groups (broad SMARTS) is 1. The van der Waals surface area contributed by atoms with Crippen molar-refractivity contribution in [3.8, 4) is 0 Å². The Hall–Kier alpha value is -1.04. The van der Waals surface area contributed by atoms with Gasteiger partial charge in [0.1, 0.15) is 4.88 Å². The Morgan fingerprint density at radius 2 is 1.93 bits per heavy atom. The van der Waals surface area contributed by atoms with Gasteiger partial charge in [-0.05, 0) is 11.4 Å². The summed E-state index contributed by atoms with van der Waals surface area (Å²) >= 11 is 0.565. The fourth-order valence-corrected chi connectivity index (χ4v) is 1.45. The number of alkyl halides is 3. The molecule has 2 nitrogen and oxygen atoms in total.